The summed E-state index contributed by atoms with van der Waals surface area (Å²) >= 11 is 0. The van der Waals surface area contributed by atoms with Crippen molar-refractivity contribution in [2.24, 2.45) is 0 Å². The lowest BCUT2D eigenvalue weighted by Crippen LogP contribution is -2.69. The SMILES string of the molecule is CCC1NC(=O)C(C)(CC)N(CCS(=O)(=O)CC)C1=O. The summed E-state index contributed by atoms with van der Waals surface area (Å²) in [7, 11) is -3.17. The van der Waals surface area contributed by atoms with E-state index in [1.807, 2.05) is 13.8 Å². The number of carbonyl (C=O) groups is 2. The van der Waals surface area contributed by atoms with Crippen molar-refractivity contribution < 1.29 is 18.0 Å². The van der Waals surface area contributed by atoms with E-state index in [1.54, 1.807) is 13.8 Å². The Kier molecular flexibility index (Phi) is 5.18. The van der Waals surface area contributed by atoms with E-state index in [4.69, 9.17) is 0 Å². The minimum absolute atomic E-state index is 0.0429. The van der Waals surface area contributed by atoms with Crippen LogP contribution in [-0.4, -0.2) is 54.8 Å². The minimum atomic E-state index is -3.17. The Labute approximate surface area is 120 Å². The van der Waals surface area contributed by atoms with E-state index >= 15 is 0 Å². The van der Waals surface area contributed by atoms with E-state index in [1.165, 1.54) is 4.90 Å². The average Bonchev–Trinajstić information content (AvgIpc) is 2.42. The van der Waals surface area contributed by atoms with E-state index in [9.17, 15) is 18.0 Å². The second-order valence-corrected chi connectivity index (χ2v) is 7.76. The molecule has 0 spiro atoms. The molecule has 1 fully saturated rings. The zero-order valence-electron chi connectivity index (χ0n) is 12.6. The molecule has 1 heterocycles. The zero-order chi connectivity index (χ0) is 15.6. The Balaban J connectivity index is 3.01. The topological polar surface area (TPSA) is 83.6 Å². The van der Waals surface area contributed by atoms with E-state index in [0.29, 0.717) is 12.8 Å². The third-order valence-electron chi connectivity index (χ3n) is 4.12. The molecule has 1 N–H and O–H groups in total. The van der Waals surface area contributed by atoms with Crippen LogP contribution in [0.4, 0.5) is 0 Å². The summed E-state index contributed by atoms with van der Waals surface area (Å²) in [5, 5.41) is 2.72. The molecule has 1 aliphatic heterocycles. The fourth-order valence-electron chi connectivity index (χ4n) is 2.29. The van der Waals surface area contributed by atoms with E-state index in [0.717, 1.165) is 0 Å². The van der Waals surface area contributed by atoms with Crippen LogP contribution in [0.5, 0.6) is 0 Å². The Morgan fingerprint density at radius 3 is 2.30 bits per heavy atom. The zero-order valence-corrected chi connectivity index (χ0v) is 13.4. The van der Waals surface area contributed by atoms with Crippen LogP contribution in [-0.2, 0) is 19.4 Å². The Bertz CT molecular complexity index is 489. The van der Waals surface area contributed by atoms with Gasteiger partial charge >= 0.3 is 0 Å². The number of carbonyl (C=O) groups excluding carboxylic acids is 2. The number of rotatable bonds is 6. The van der Waals surface area contributed by atoms with E-state index < -0.39 is 21.4 Å². The summed E-state index contributed by atoms with van der Waals surface area (Å²) in [6, 6.07) is -0.550. The van der Waals surface area contributed by atoms with Crippen LogP contribution in [0.25, 0.3) is 0 Å². The number of amides is 2. The molecule has 0 bridgehead atoms. The molecule has 1 saturated heterocycles. The van der Waals surface area contributed by atoms with Crippen LogP contribution in [0.15, 0.2) is 0 Å². The summed E-state index contributed by atoms with van der Waals surface area (Å²) in [5.41, 5.74) is -0.966. The third-order valence-corrected chi connectivity index (χ3v) is 5.80. The van der Waals surface area contributed by atoms with Gasteiger partial charge in [0, 0.05) is 12.3 Å². The van der Waals surface area contributed by atoms with Gasteiger partial charge in [0.2, 0.25) is 11.8 Å². The molecule has 0 aromatic heterocycles. The molecule has 20 heavy (non-hydrogen) atoms. The van der Waals surface area contributed by atoms with Crippen molar-refractivity contribution in [3.8, 4) is 0 Å². The lowest BCUT2D eigenvalue weighted by atomic mass is 9.90. The lowest BCUT2D eigenvalue weighted by Gasteiger charge is -2.45. The van der Waals surface area contributed by atoms with Crippen molar-refractivity contribution >= 4 is 21.7 Å². The van der Waals surface area contributed by atoms with Crippen LogP contribution in [0, 0.1) is 0 Å². The standard InChI is InChI=1S/C13H24N2O4S/c1-5-10-11(16)15(8-9-20(18,19)7-3)13(4,6-2)12(17)14-10/h10H,5-9H2,1-4H3,(H,14,17). The molecule has 1 rings (SSSR count). The van der Waals surface area contributed by atoms with Crippen LogP contribution < -0.4 is 5.32 Å². The van der Waals surface area contributed by atoms with Gasteiger partial charge < -0.3 is 10.2 Å². The smallest absolute Gasteiger partial charge is 0.246 e. The van der Waals surface area contributed by atoms with E-state index in [2.05, 4.69) is 5.32 Å². The van der Waals surface area contributed by atoms with Gasteiger partial charge in [0.15, 0.2) is 9.84 Å². The van der Waals surface area contributed by atoms with Gasteiger partial charge in [-0.25, -0.2) is 8.42 Å². The van der Waals surface area contributed by atoms with Crippen molar-refractivity contribution in [2.75, 3.05) is 18.1 Å². The Hall–Kier alpha value is -1.11. The van der Waals surface area contributed by atoms with Crippen molar-refractivity contribution in [1.29, 1.82) is 0 Å². The molecule has 2 unspecified atom stereocenters. The number of sulfone groups is 1. The second kappa shape index (κ2) is 6.11. The van der Waals surface area contributed by atoms with Crippen LogP contribution >= 0.6 is 0 Å². The summed E-state index contributed by atoms with van der Waals surface area (Å²) < 4.78 is 23.3. The molecule has 0 aromatic rings. The summed E-state index contributed by atoms with van der Waals surface area (Å²) in [6.45, 7) is 6.97. The van der Waals surface area contributed by atoms with Crippen molar-refractivity contribution in [1.82, 2.24) is 10.2 Å². The highest BCUT2D eigenvalue weighted by Crippen LogP contribution is 2.25. The van der Waals surface area contributed by atoms with Gasteiger partial charge in [0.1, 0.15) is 11.6 Å². The first-order valence-electron chi connectivity index (χ1n) is 7.04. The first kappa shape index (κ1) is 16.9. The van der Waals surface area contributed by atoms with Gasteiger partial charge in [-0.3, -0.25) is 9.59 Å². The van der Waals surface area contributed by atoms with Gasteiger partial charge in [-0.15, -0.1) is 0 Å². The number of hydrogen-bond acceptors (Lipinski definition) is 4. The largest absolute Gasteiger partial charge is 0.342 e. The first-order chi connectivity index (χ1) is 9.21. The lowest BCUT2D eigenvalue weighted by molar-refractivity contribution is -0.156. The molecule has 0 radical (unpaired) electrons. The highest BCUT2D eigenvalue weighted by atomic mass is 32.2. The maximum Gasteiger partial charge on any atom is 0.246 e. The molecule has 1 aliphatic rings. The second-order valence-electron chi connectivity index (χ2n) is 5.29. The molecule has 116 valence electrons. The maximum absolute atomic E-state index is 12.4. The number of nitrogens with zero attached hydrogens (tertiary/aromatic N) is 1. The molecule has 2 atom stereocenters. The molecular weight excluding hydrogens is 280 g/mol. The monoisotopic (exact) mass is 304 g/mol. The number of piperazine rings is 1. The first-order valence-corrected chi connectivity index (χ1v) is 8.86. The highest BCUT2D eigenvalue weighted by molar-refractivity contribution is 7.91. The quantitative estimate of drug-likeness (QED) is 0.766. The molecule has 6 nitrogen and oxygen atoms in total. The fourth-order valence-corrected chi connectivity index (χ4v) is 3.04. The molecule has 0 aromatic carbocycles. The van der Waals surface area contributed by atoms with Crippen LogP contribution in [0.1, 0.15) is 40.5 Å². The van der Waals surface area contributed by atoms with Gasteiger partial charge in [-0.2, -0.15) is 0 Å². The van der Waals surface area contributed by atoms with Gasteiger partial charge in [-0.05, 0) is 19.8 Å². The van der Waals surface area contributed by atoms with Crippen molar-refractivity contribution in [2.45, 2.75) is 52.1 Å². The van der Waals surface area contributed by atoms with E-state index in [-0.39, 0.29) is 29.9 Å². The predicted octanol–water partition coefficient (Wildman–Crippen LogP) is 0.327. The minimum Gasteiger partial charge on any atom is -0.342 e. The molecule has 0 saturated carbocycles. The van der Waals surface area contributed by atoms with Crippen LogP contribution in [0.3, 0.4) is 0 Å². The van der Waals surface area contributed by atoms with Crippen LogP contribution in [0.2, 0.25) is 0 Å². The fraction of sp³-hybridized carbons (Fsp3) is 0.846. The number of hydrogen-bond donors (Lipinski definition) is 1. The van der Waals surface area contributed by atoms with Crippen molar-refractivity contribution in [3.05, 3.63) is 0 Å². The molecule has 0 aliphatic carbocycles. The maximum atomic E-state index is 12.4. The average molecular weight is 304 g/mol. The molecule has 2 amide bonds. The number of nitrogens with one attached hydrogen (secondary N) is 1. The predicted molar refractivity (Wildman–Crippen MR) is 77.0 cm³/mol. The Morgan fingerprint density at radius 1 is 1.25 bits per heavy atom. The summed E-state index contributed by atoms with van der Waals surface area (Å²) in [5.74, 6) is -0.460. The van der Waals surface area contributed by atoms with Gasteiger partial charge in [0.25, 0.3) is 0 Å². The molecular formula is C13H24N2O4S. The third kappa shape index (κ3) is 3.13. The summed E-state index contributed by atoms with van der Waals surface area (Å²) in [6.07, 6.45) is 0.953. The highest BCUT2D eigenvalue weighted by Gasteiger charge is 2.47. The van der Waals surface area contributed by atoms with Gasteiger partial charge in [-0.1, -0.05) is 20.8 Å². The Morgan fingerprint density at radius 2 is 1.85 bits per heavy atom. The molecule has 7 heteroatoms. The van der Waals surface area contributed by atoms with Crippen molar-refractivity contribution in [3.63, 3.8) is 0 Å². The van der Waals surface area contributed by atoms with Gasteiger partial charge in [0.05, 0.1) is 5.75 Å². The summed E-state index contributed by atoms with van der Waals surface area (Å²) in [4.78, 5) is 26.0. The normalized spacial score (nSPS) is 27.6.